The number of rotatable bonds is 7. The molecule has 0 heterocycles. The Hall–Kier alpha value is -3.60. The molecule has 3 aromatic carbocycles. The summed E-state index contributed by atoms with van der Waals surface area (Å²) in [5.74, 6) is -0.270. The van der Waals surface area contributed by atoms with Crippen molar-refractivity contribution in [2.45, 2.75) is 6.54 Å². The molecule has 0 bridgehead atoms. The van der Waals surface area contributed by atoms with E-state index in [2.05, 4.69) is 10.6 Å². The van der Waals surface area contributed by atoms with Crippen LogP contribution in [0.4, 0.5) is 11.4 Å². The minimum Gasteiger partial charge on any atom is -0.376 e. The van der Waals surface area contributed by atoms with E-state index in [4.69, 9.17) is 0 Å². The second-order valence-electron chi connectivity index (χ2n) is 6.50. The van der Waals surface area contributed by atoms with Crippen molar-refractivity contribution in [1.82, 2.24) is 4.90 Å². The van der Waals surface area contributed by atoms with E-state index in [1.807, 2.05) is 60.7 Å². The van der Waals surface area contributed by atoms with Gasteiger partial charge in [-0.25, -0.2) is 0 Å². The first-order chi connectivity index (χ1) is 13.6. The van der Waals surface area contributed by atoms with Gasteiger partial charge in [0.15, 0.2) is 0 Å². The van der Waals surface area contributed by atoms with Crippen LogP contribution in [-0.2, 0) is 11.3 Å². The zero-order valence-corrected chi connectivity index (χ0v) is 15.8. The van der Waals surface area contributed by atoms with E-state index in [9.17, 15) is 9.59 Å². The first kappa shape index (κ1) is 19.2. The topological polar surface area (TPSA) is 61.4 Å². The summed E-state index contributed by atoms with van der Waals surface area (Å²) in [5.41, 5.74) is 3.07. The Kier molecular flexibility index (Phi) is 6.41. The molecule has 0 unspecified atom stereocenters. The largest absolute Gasteiger partial charge is 0.376 e. The van der Waals surface area contributed by atoms with E-state index in [0.29, 0.717) is 17.8 Å². The number of benzene rings is 3. The molecule has 142 valence electrons. The van der Waals surface area contributed by atoms with Crippen molar-refractivity contribution in [3.05, 3.63) is 96.1 Å². The van der Waals surface area contributed by atoms with Crippen molar-refractivity contribution in [1.29, 1.82) is 0 Å². The number of carbonyl (C=O) groups is 2. The maximum atomic E-state index is 12.7. The van der Waals surface area contributed by atoms with E-state index in [-0.39, 0.29) is 18.4 Å². The van der Waals surface area contributed by atoms with E-state index in [1.54, 1.807) is 36.2 Å². The molecule has 5 nitrogen and oxygen atoms in total. The van der Waals surface area contributed by atoms with Crippen LogP contribution in [0.25, 0.3) is 0 Å². The maximum Gasteiger partial charge on any atom is 0.253 e. The van der Waals surface area contributed by atoms with E-state index in [0.717, 1.165) is 11.3 Å². The van der Waals surface area contributed by atoms with Crippen LogP contribution in [0.3, 0.4) is 0 Å². The van der Waals surface area contributed by atoms with Crippen molar-refractivity contribution in [2.24, 2.45) is 0 Å². The van der Waals surface area contributed by atoms with Gasteiger partial charge in [-0.2, -0.15) is 0 Å². The molecule has 0 fully saturated rings. The Labute approximate surface area is 165 Å². The predicted octanol–water partition coefficient (Wildman–Crippen LogP) is 4.01. The smallest absolute Gasteiger partial charge is 0.253 e. The summed E-state index contributed by atoms with van der Waals surface area (Å²) in [6, 6.07) is 26.3. The molecule has 0 saturated heterocycles. The molecular formula is C23H23N3O2. The molecule has 28 heavy (non-hydrogen) atoms. The molecule has 5 heteroatoms. The minimum absolute atomic E-state index is 0.0950. The van der Waals surface area contributed by atoms with Gasteiger partial charge in [-0.15, -0.1) is 0 Å². The lowest BCUT2D eigenvalue weighted by Gasteiger charge is -2.18. The van der Waals surface area contributed by atoms with Crippen LogP contribution >= 0.6 is 0 Å². The number of carbonyl (C=O) groups excluding carboxylic acids is 2. The first-order valence-corrected chi connectivity index (χ1v) is 9.10. The Morgan fingerprint density at radius 3 is 2.18 bits per heavy atom. The molecule has 0 saturated carbocycles. The summed E-state index contributed by atoms with van der Waals surface area (Å²) in [6.07, 6.45) is 0. The van der Waals surface area contributed by atoms with Crippen LogP contribution in [-0.4, -0.2) is 30.3 Å². The zero-order chi connectivity index (χ0) is 19.8. The number of hydrogen-bond acceptors (Lipinski definition) is 3. The van der Waals surface area contributed by atoms with Crippen LogP contribution in [0.1, 0.15) is 15.9 Å². The third-order valence-corrected chi connectivity index (χ3v) is 4.23. The van der Waals surface area contributed by atoms with Gasteiger partial charge in [-0.1, -0.05) is 54.6 Å². The minimum atomic E-state index is -0.175. The Morgan fingerprint density at radius 2 is 1.46 bits per heavy atom. The Bertz CT molecular complexity index is 927. The molecule has 0 aliphatic heterocycles. The molecule has 3 aromatic rings. The Balaban J connectivity index is 1.58. The molecule has 2 amide bonds. The lowest BCUT2D eigenvalue weighted by molar-refractivity contribution is -0.114. The van der Waals surface area contributed by atoms with Gasteiger partial charge in [0, 0.05) is 30.5 Å². The average molecular weight is 373 g/mol. The lowest BCUT2D eigenvalue weighted by Crippen LogP contribution is -2.26. The van der Waals surface area contributed by atoms with Gasteiger partial charge < -0.3 is 15.5 Å². The highest BCUT2D eigenvalue weighted by Gasteiger charge is 2.13. The van der Waals surface area contributed by atoms with Gasteiger partial charge in [0.2, 0.25) is 5.91 Å². The second kappa shape index (κ2) is 9.37. The fourth-order valence-electron chi connectivity index (χ4n) is 2.82. The predicted molar refractivity (Wildman–Crippen MR) is 112 cm³/mol. The number of para-hydroxylation sites is 1. The average Bonchev–Trinajstić information content (AvgIpc) is 2.73. The van der Waals surface area contributed by atoms with Crippen molar-refractivity contribution in [3.8, 4) is 0 Å². The Morgan fingerprint density at radius 1 is 0.821 bits per heavy atom. The zero-order valence-electron chi connectivity index (χ0n) is 15.8. The fourth-order valence-corrected chi connectivity index (χ4v) is 2.82. The van der Waals surface area contributed by atoms with Gasteiger partial charge in [0.1, 0.15) is 0 Å². The third-order valence-electron chi connectivity index (χ3n) is 4.23. The summed E-state index contributed by atoms with van der Waals surface area (Å²) in [5, 5.41) is 5.88. The first-order valence-electron chi connectivity index (χ1n) is 9.10. The van der Waals surface area contributed by atoms with Crippen molar-refractivity contribution in [2.75, 3.05) is 24.2 Å². The van der Waals surface area contributed by atoms with Gasteiger partial charge in [0.25, 0.3) is 5.91 Å². The quantitative estimate of drug-likeness (QED) is 0.658. The summed E-state index contributed by atoms with van der Waals surface area (Å²) in [6.45, 7) is 0.674. The molecule has 0 atom stereocenters. The van der Waals surface area contributed by atoms with Crippen LogP contribution in [0.2, 0.25) is 0 Å². The number of hydrogen-bond donors (Lipinski definition) is 2. The molecule has 0 spiro atoms. The summed E-state index contributed by atoms with van der Waals surface area (Å²) < 4.78 is 0. The summed E-state index contributed by atoms with van der Waals surface area (Å²) >= 11 is 0. The molecule has 0 radical (unpaired) electrons. The molecule has 0 aliphatic carbocycles. The third kappa shape index (κ3) is 5.45. The van der Waals surface area contributed by atoms with Crippen molar-refractivity contribution >= 4 is 23.2 Å². The maximum absolute atomic E-state index is 12.7. The van der Waals surface area contributed by atoms with E-state index in [1.165, 1.54) is 0 Å². The van der Waals surface area contributed by atoms with Crippen molar-refractivity contribution in [3.63, 3.8) is 0 Å². The van der Waals surface area contributed by atoms with Gasteiger partial charge in [-0.05, 0) is 35.9 Å². The summed E-state index contributed by atoms with van der Waals surface area (Å²) in [7, 11) is 1.77. The van der Waals surface area contributed by atoms with Crippen LogP contribution in [0.15, 0.2) is 84.9 Å². The van der Waals surface area contributed by atoms with E-state index >= 15 is 0 Å². The van der Waals surface area contributed by atoms with Gasteiger partial charge >= 0.3 is 0 Å². The highest BCUT2D eigenvalue weighted by Crippen LogP contribution is 2.14. The summed E-state index contributed by atoms with van der Waals surface area (Å²) in [4.78, 5) is 26.5. The number of nitrogens with zero attached hydrogens (tertiary/aromatic N) is 1. The van der Waals surface area contributed by atoms with Gasteiger partial charge in [-0.3, -0.25) is 9.59 Å². The molecule has 2 N–H and O–H groups in total. The molecule has 0 aliphatic rings. The number of anilines is 2. The van der Waals surface area contributed by atoms with Crippen LogP contribution in [0, 0.1) is 0 Å². The highest BCUT2D eigenvalue weighted by molar-refractivity contribution is 5.98. The monoisotopic (exact) mass is 373 g/mol. The standard InChI is InChI=1S/C23H23N3O2/c1-26(17-18-9-4-2-5-10-18)23(28)19-11-8-14-21(15-19)25-22(27)16-24-20-12-6-3-7-13-20/h2-15,24H,16-17H2,1H3,(H,25,27). The lowest BCUT2D eigenvalue weighted by atomic mass is 10.1. The fraction of sp³-hybridized carbons (Fsp3) is 0.130. The second-order valence-corrected chi connectivity index (χ2v) is 6.50. The van der Waals surface area contributed by atoms with Crippen LogP contribution in [0.5, 0.6) is 0 Å². The molecule has 0 aromatic heterocycles. The highest BCUT2D eigenvalue weighted by atomic mass is 16.2. The number of amides is 2. The van der Waals surface area contributed by atoms with E-state index < -0.39 is 0 Å². The normalized spacial score (nSPS) is 10.2. The number of nitrogens with one attached hydrogen (secondary N) is 2. The van der Waals surface area contributed by atoms with Gasteiger partial charge in [0.05, 0.1) is 6.54 Å². The van der Waals surface area contributed by atoms with Crippen molar-refractivity contribution < 1.29 is 9.59 Å². The molecular weight excluding hydrogens is 350 g/mol. The SMILES string of the molecule is CN(Cc1ccccc1)C(=O)c1cccc(NC(=O)CNc2ccccc2)c1. The molecule has 3 rings (SSSR count). The van der Waals surface area contributed by atoms with Crippen LogP contribution < -0.4 is 10.6 Å².